The summed E-state index contributed by atoms with van der Waals surface area (Å²) in [6.07, 6.45) is 3.51. The number of para-hydroxylation sites is 1. The van der Waals surface area contributed by atoms with Gasteiger partial charge in [0.25, 0.3) is 0 Å². The summed E-state index contributed by atoms with van der Waals surface area (Å²) in [4.78, 5) is 8.42. The second-order valence-corrected chi connectivity index (χ2v) is 5.20. The number of guanidine groups is 1. The molecule has 2 aromatic rings. The van der Waals surface area contributed by atoms with E-state index < -0.39 is 0 Å². The highest BCUT2D eigenvalue weighted by Crippen LogP contribution is 2.17. The standard InChI is InChI=1S/C19H24N4O2.HI/c1-4-11-25-17-8-6-5-7-16(17)14-23-19(20-2)22-13-15-9-10-18(24-3)21-12-15;/h4-10,12H,1,11,13-14H2,2-3H3,(H2,20,22,23);1H. The molecule has 0 aliphatic carbocycles. The van der Waals surface area contributed by atoms with E-state index >= 15 is 0 Å². The van der Waals surface area contributed by atoms with Gasteiger partial charge in [0.15, 0.2) is 5.96 Å². The molecule has 0 radical (unpaired) electrons. The molecule has 1 aromatic carbocycles. The number of benzene rings is 1. The summed E-state index contributed by atoms with van der Waals surface area (Å²) in [5, 5.41) is 6.54. The number of nitrogens with zero attached hydrogens (tertiary/aromatic N) is 2. The summed E-state index contributed by atoms with van der Waals surface area (Å²) >= 11 is 0. The average Bonchev–Trinajstić information content (AvgIpc) is 2.67. The molecule has 0 amide bonds. The summed E-state index contributed by atoms with van der Waals surface area (Å²) in [6.45, 7) is 5.38. The zero-order valence-electron chi connectivity index (χ0n) is 15.1. The predicted molar refractivity (Wildman–Crippen MR) is 115 cm³/mol. The number of hydrogen-bond acceptors (Lipinski definition) is 4. The third kappa shape index (κ3) is 6.91. The van der Waals surface area contributed by atoms with E-state index in [1.807, 2.05) is 36.4 Å². The molecule has 0 atom stereocenters. The van der Waals surface area contributed by atoms with Crippen LogP contribution in [-0.4, -0.2) is 31.7 Å². The van der Waals surface area contributed by atoms with E-state index in [9.17, 15) is 0 Å². The highest BCUT2D eigenvalue weighted by atomic mass is 127. The number of ether oxygens (including phenoxy) is 2. The maximum Gasteiger partial charge on any atom is 0.212 e. The van der Waals surface area contributed by atoms with Gasteiger partial charge < -0.3 is 20.1 Å². The normalized spacial score (nSPS) is 10.5. The molecule has 0 aliphatic rings. The number of methoxy groups -OCH3 is 1. The second-order valence-electron chi connectivity index (χ2n) is 5.20. The Hall–Kier alpha value is -2.29. The van der Waals surface area contributed by atoms with Crippen LogP contribution in [0.2, 0.25) is 0 Å². The first-order valence-electron chi connectivity index (χ1n) is 8.02. The minimum atomic E-state index is 0. The molecule has 0 aliphatic heterocycles. The van der Waals surface area contributed by atoms with E-state index in [0.29, 0.717) is 31.5 Å². The molecule has 1 aromatic heterocycles. The lowest BCUT2D eigenvalue weighted by Gasteiger charge is -2.14. The van der Waals surface area contributed by atoms with E-state index in [1.165, 1.54) is 0 Å². The van der Waals surface area contributed by atoms with Gasteiger partial charge in [0.1, 0.15) is 12.4 Å². The Kier molecular flexibility index (Phi) is 10.1. The fraction of sp³-hybridized carbons (Fsp3) is 0.263. The SMILES string of the molecule is C=CCOc1ccccc1CNC(=NC)NCc1ccc(OC)nc1.I. The van der Waals surface area contributed by atoms with Gasteiger partial charge in [-0.15, -0.1) is 24.0 Å². The molecular formula is C19H25IN4O2. The Bertz CT molecular complexity index is 705. The Labute approximate surface area is 171 Å². The summed E-state index contributed by atoms with van der Waals surface area (Å²) in [7, 11) is 3.34. The number of aromatic nitrogens is 1. The highest BCUT2D eigenvalue weighted by molar-refractivity contribution is 14.0. The van der Waals surface area contributed by atoms with Crippen LogP contribution in [0.15, 0.2) is 60.2 Å². The molecule has 2 rings (SSSR count). The van der Waals surface area contributed by atoms with Crippen molar-refractivity contribution in [2.24, 2.45) is 4.99 Å². The lowest BCUT2D eigenvalue weighted by molar-refractivity contribution is 0.358. The quantitative estimate of drug-likeness (QED) is 0.270. The van der Waals surface area contributed by atoms with Crippen molar-refractivity contribution < 1.29 is 9.47 Å². The Morgan fingerprint density at radius 2 is 1.96 bits per heavy atom. The van der Waals surface area contributed by atoms with Gasteiger partial charge in [-0.25, -0.2) is 4.98 Å². The number of hydrogen-bond donors (Lipinski definition) is 2. The molecule has 26 heavy (non-hydrogen) atoms. The van der Waals surface area contributed by atoms with E-state index in [1.54, 1.807) is 26.4 Å². The predicted octanol–water partition coefficient (Wildman–Crippen LogP) is 3.14. The van der Waals surface area contributed by atoms with Gasteiger partial charge in [-0.1, -0.05) is 36.9 Å². The minimum absolute atomic E-state index is 0. The summed E-state index contributed by atoms with van der Waals surface area (Å²) in [5.41, 5.74) is 2.09. The minimum Gasteiger partial charge on any atom is -0.489 e. The van der Waals surface area contributed by atoms with Gasteiger partial charge in [0.2, 0.25) is 5.88 Å². The zero-order valence-corrected chi connectivity index (χ0v) is 17.4. The van der Waals surface area contributed by atoms with E-state index in [-0.39, 0.29) is 24.0 Å². The second kappa shape index (κ2) is 12.1. The van der Waals surface area contributed by atoms with Crippen molar-refractivity contribution in [2.75, 3.05) is 20.8 Å². The van der Waals surface area contributed by atoms with Crippen LogP contribution >= 0.6 is 24.0 Å². The third-order valence-electron chi connectivity index (χ3n) is 3.47. The van der Waals surface area contributed by atoms with Crippen molar-refractivity contribution in [1.82, 2.24) is 15.6 Å². The molecule has 0 saturated carbocycles. The molecule has 1 heterocycles. The highest BCUT2D eigenvalue weighted by Gasteiger charge is 2.04. The lowest BCUT2D eigenvalue weighted by Crippen LogP contribution is -2.36. The van der Waals surface area contributed by atoms with Gasteiger partial charge in [0, 0.05) is 38.0 Å². The largest absolute Gasteiger partial charge is 0.489 e. The van der Waals surface area contributed by atoms with Crippen molar-refractivity contribution >= 4 is 29.9 Å². The first-order valence-corrected chi connectivity index (χ1v) is 8.02. The van der Waals surface area contributed by atoms with E-state index in [0.717, 1.165) is 16.9 Å². The van der Waals surface area contributed by atoms with Gasteiger partial charge >= 0.3 is 0 Å². The molecule has 0 unspecified atom stereocenters. The van der Waals surface area contributed by atoms with Crippen LogP contribution in [0, 0.1) is 0 Å². The van der Waals surface area contributed by atoms with Gasteiger partial charge in [-0.3, -0.25) is 4.99 Å². The molecular weight excluding hydrogens is 443 g/mol. The fourth-order valence-electron chi connectivity index (χ4n) is 2.16. The van der Waals surface area contributed by atoms with Crippen molar-refractivity contribution in [1.29, 1.82) is 0 Å². The average molecular weight is 468 g/mol. The van der Waals surface area contributed by atoms with Crippen molar-refractivity contribution in [3.8, 4) is 11.6 Å². The molecule has 6 nitrogen and oxygen atoms in total. The van der Waals surface area contributed by atoms with Crippen LogP contribution < -0.4 is 20.1 Å². The molecule has 140 valence electrons. The van der Waals surface area contributed by atoms with E-state index in [4.69, 9.17) is 9.47 Å². The molecule has 0 spiro atoms. The van der Waals surface area contributed by atoms with Gasteiger partial charge in [-0.05, 0) is 11.6 Å². The summed E-state index contributed by atoms with van der Waals surface area (Å²) in [5.74, 6) is 2.14. The fourth-order valence-corrected chi connectivity index (χ4v) is 2.16. The van der Waals surface area contributed by atoms with Crippen molar-refractivity contribution in [3.63, 3.8) is 0 Å². The third-order valence-corrected chi connectivity index (χ3v) is 3.47. The van der Waals surface area contributed by atoms with E-state index in [2.05, 4.69) is 27.2 Å². The van der Waals surface area contributed by atoms with Crippen LogP contribution in [0.5, 0.6) is 11.6 Å². The first-order chi connectivity index (χ1) is 12.3. The number of pyridine rings is 1. The molecule has 0 bridgehead atoms. The van der Waals surface area contributed by atoms with Crippen LogP contribution in [-0.2, 0) is 13.1 Å². The monoisotopic (exact) mass is 468 g/mol. The molecule has 7 heteroatoms. The topological polar surface area (TPSA) is 67.8 Å². The first kappa shape index (κ1) is 21.8. The van der Waals surface area contributed by atoms with Crippen LogP contribution in [0.4, 0.5) is 0 Å². The molecule has 0 saturated heterocycles. The number of rotatable bonds is 8. The lowest BCUT2D eigenvalue weighted by atomic mass is 10.2. The zero-order chi connectivity index (χ0) is 17.9. The Balaban J connectivity index is 0.00000338. The number of aliphatic imine (C=N–C) groups is 1. The Morgan fingerprint density at radius 3 is 2.62 bits per heavy atom. The maximum absolute atomic E-state index is 5.66. The van der Waals surface area contributed by atoms with Gasteiger partial charge in [0.05, 0.1) is 7.11 Å². The van der Waals surface area contributed by atoms with Crippen molar-refractivity contribution in [2.45, 2.75) is 13.1 Å². The summed E-state index contributed by atoms with van der Waals surface area (Å²) in [6, 6.07) is 11.7. The van der Waals surface area contributed by atoms with Gasteiger partial charge in [-0.2, -0.15) is 0 Å². The summed E-state index contributed by atoms with van der Waals surface area (Å²) < 4.78 is 10.7. The maximum atomic E-state index is 5.66. The van der Waals surface area contributed by atoms with Crippen LogP contribution in [0.25, 0.3) is 0 Å². The van der Waals surface area contributed by atoms with Crippen molar-refractivity contribution in [3.05, 3.63) is 66.4 Å². The molecule has 2 N–H and O–H groups in total. The van der Waals surface area contributed by atoms with Crippen LogP contribution in [0.1, 0.15) is 11.1 Å². The number of halogens is 1. The van der Waals surface area contributed by atoms with Crippen LogP contribution in [0.3, 0.4) is 0 Å². The molecule has 0 fully saturated rings. The Morgan fingerprint density at radius 1 is 1.19 bits per heavy atom. The smallest absolute Gasteiger partial charge is 0.212 e. The number of nitrogens with one attached hydrogen (secondary N) is 2.